The first-order valence-electron chi connectivity index (χ1n) is 11.7. The van der Waals surface area contributed by atoms with Gasteiger partial charge in [0.05, 0.1) is 11.6 Å². The number of para-hydroxylation sites is 1. The molecule has 0 radical (unpaired) electrons. The van der Waals surface area contributed by atoms with Crippen LogP contribution >= 0.6 is 11.6 Å². The maximum absolute atomic E-state index is 13.3. The minimum absolute atomic E-state index is 0.116. The molecule has 0 aliphatic heterocycles. The highest BCUT2D eigenvalue weighted by molar-refractivity contribution is 6.30. The summed E-state index contributed by atoms with van der Waals surface area (Å²) in [6, 6.07) is 14.7. The Kier molecular flexibility index (Phi) is 7.46. The van der Waals surface area contributed by atoms with Crippen LogP contribution in [0.15, 0.2) is 54.6 Å². The van der Waals surface area contributed by atoms with E-state index in [-0.39, 0.29) is 29.1 Å². The lowest BCUT2D eigenvalue weighted by Crippen LogP contribution is -2.29. The number of rotatable bonds is 7. The van der Waals surface area contributed by atoms with Crippen molar-refractivity contribution in [1.29, 1.82) is 0 Å². The van der Waals surface area contributed by atoms with E-state index in [4.69, 9.17) is 16.3 Å². The molecule has 0 saturated heterocycles. The van der Waals surface area contributed by atoms with Gasteiger partial charge >= 0.3 is 6.18 Å². The van der Waals surface area contributed by atoms with Gasteiger partial charge in [0.15, 0.2) is 5.78 Å². The van der Waals surface area contributed by atoms with E-state index in [2.05, 4.69) is 11.9 Å². The van der Waals surface area contributed by atoms with Crippen molar-refractivity contribution in [1.82, 2.24) is 4.98 Å². The van der Waals surface area contributed by atoms with Crippen molar-refractivity contribution < 1.29 is 22.7 Å². The van der Waals surface area contributed by atoms with Crippen molar-refractivity contribution in [3.63, 3.8) is 0 Å². The van der Waals surface area contributed by atoms with Crippen LogP contribution in [0.5, 0.6) is 5.75 Å². The van der Waals surface area contributed by atoms with E-state index in [1.807, 2.05) is 0 Å². The summed E-state index contributed by atoms with van der Waals surface area (Å²) in [5, 5.41) is 1.18. The summed E-state index contributed by atoms with van der Waals surface area (Å²) in [5.74, 6) is 1.000. The fraction of sp³-hybridized carbons (Fsp3) is 0.407. The molecule has 34 heavy (non-hydrogen) atoms. The smallest absolute Gasteiger partial charge is 0.433 e. The van der Waals surface area contributed by atoms with Gasteiger partial charge in [-0.1, -0.05) is 37.1 Å². The van der Waals surface area contributed by atoms with Crippen molar-refractivity contribution in [2.75, 3.05) is 0 Å². The summed E-state index contributed by atoms with van der Waals surface area (Å²) in [4.78, 5) is 16.5. The predicted molar refractivity (Wildman–Crippen MR) is 127 cm³/mol. The van der Waals surface area contributed by atoms with Crippen molar-refractivity contribution in [2.45, 2.75) is 57.7 Å². The fourth-order valence-corrected chi connectivity index (χ4v) is 5.01. The second-order valence-corrected chi connectivity index (χ2v) is 9.41. The molecule has 0 bridgehead atoms. The van der Waals surface area contributed by atoms with Crippen molar-refractivity contribution in [3.8, 4) is 5.75 Å². The van der Waals surface area contributed by atoms with Gasteiger partial charge < -0.3 is 4.74 Å². The van der Waals surface area contributed by atoms with Crippen molar-refractivity contribution >= 4 is 28.3 Å². The zero-order valence-electron chi connectivity index (χ0n) is 18.9. The second-order valence-electron chi connectivity index (χ2n) is 8.98. The van der Waals surface area contributed by atoms with Crippen LogP contribution in [0.1, 0.15) is 61.5 Å². The normalized spacial score (nSPS) is 19.7. The topological polar surface area (TPSA) is 39.2 Å². The number of ketones is 1. The van der Waals surface area contributed by atoms with Gasteiger partial charge in [-0.3, -0.25) is 4.79 Å². The van der Waals surface area contributed by atoms with E-state index in [9.17, 15) is 18.0 Å². The number of ether oxygens (including phenoxy) is 1. The molecule has 0 spiro atoms. The number of Topliss-reactive ketones (excluding diaryl/α,β-unsaturated/α-hetero) is 1. The summed E-state index contributed by atoms with van der Waals surface area (Å²) in [6.07, 6.45) is -0.0589. The van der Waals surface area contributed by atoms with E-state index in [0.29, 0.717) is 28.3 Å². The molecule has 3 nitrogen and oxygen atoms in total. The Morgan fingerprint density at radius 2 is 1.76 bits per heavy atom. The van der Waals surface area contributed by atoms with Crippen molar-refractivity contribution in [2.24, 2.45) is 11.8 Å². The first-order valence-corrected chi connectivity index (χ1v) is 12.0. The Balaban J connectivity index is 1.41. The average molecular weight is 490 g/mol. The number of hydrogen-bond donors (Lipinski definition) is 0. The lowest BCUT2D eigenvalue weighted by molar-refractivity contribution is -0.141. The summed E-state index contributed by atoms with van der Waals surface area (Å²) in [7, 11) is 0. The Morgan fingerprint density at radius 1 is 1.09 bits per heavy atom. The Morgan fingerprint density at radius 3 is 2.41 bits per heavy atom. The quantitative estimate of drug-likeness (QED) is 0.314. The molecule has 1 saturated carbocycles. The molecular weight excluding hydrogens is 463 g/mol. The summed E-state index contributed by atoms with van der Waals surface area (Å²) in [6.45, 7) is 2.10. The van der Waals surface area contributed by atoms with Crippen LogP contribution in [0.2, 0.25) is 5.02 Å². The number of benzene rings is 2. The molecule has 1 atom stereocenters. The molecule has 4 rings (SSSR count). The monoisotopic (exact) mass is 489 g/mol. The molecule has 0 amide bonds. The van der Waals surface area contributed by atoms with Gasteiger partial charge in [0.1, 0.15) is 11.4 Å². The zero-order valence-corrected chi connectivity index (χ0v) is 19.7. The molecule has 3 aromatic rings. The first-order chi connectivity index (χ1) is 16.2. The van der Waals surface area contributed by atoms with Crippen LogP contribution in [0.25, 0.3) is 10.9 Å². The minimum Gasteiger partial charge on any atom is -0.490 e. The van der Waals surface area contributed by atoms with Gasteiger partial charge in [0, 0.05) is 28.5 Å². The SMILES string of the molecule is CC[C@H](CC(=O)c1ccc(Cl)cc1)C1CCC(Oc2cc(C(F)(F)F)nc3ccccc23)CC1. The van der Waals surface area contributed by atoms with Crippen molar-refractivity contribution in [3.05, 3.63) is 70.9 Å². The number of aromatic nitrogens is 1. The Bertz CT molecular complexity index is 1140. The predicted octanol–water partition coefficient (Wildman–Crippen LogP) is 8.14. The molecule has 180 valence electrons. The van der Waals surface area contributed by atoms with Crippen LogP contribution in [0.4, 0.5) is 13.2 Å². The lowest BCUT2D eigenvalue weighted by Gasteiger charge is -2.33. The Labute approximate surface area is 202 Å². The number of pyridine rings is 1. The van der Waals surface area contributed by atoms with Gasteiger partial charge in [-0.05, 0) is 73.9 Å². The molecule has 7 heteroatoms. The second kappa shape index (κ2) is 10.3. The van der Waals surface area contributed by atoms with Crippen LogP contribution in [0, 0.1) is 11.8 Å². The van der Waals surface area contributed by atoms with Gasteiger partial charge in [0.25, 0.3) is 0 Å². The van der Waals surface area contributed by atoms with E-state index in [1.165, 1.54) is 0 Å². The van der Waals surface area contributed by atoms with Gasteiger partial charge in [0.2, 0.25) is 0 Å². The molecule has 1 heterocycles. The van der Waals surface area contributed by atoms with Crippen LogP contribution in [0.3, 0.4) is 0 Å². The third-order valence-electron chi connectivity index (χ3n) is 6.79. The largest absolute Gasteiger partial charge is 0.490 e. The first kappa shape index (κ1) is 24.5. The van der Waals surface area contributed by atoms with E-state index >= 15 is 0 Å². The molecule has 0 N–H and O–H groups in total. The molecule has 2 aromatic carbocycles. The molecular formula is C27H27ClF3NO2. The third kappa shape index (κ3) is 5.72. The molecule has 1 aliphatic rings. The highest BCUT2D eigenvalue weighted by atomic mass is 35.5. The number of carbonyl (C=O) groups excluding carboxylic acids is 1. The fourth-order valence-electron chi connectivity index (χ4n) is 4.88. The number of halogens is 4. The van der Waals surface area contributed by atoms with Crippen LogP contribution in [-0.2, 0) is 6.18 Å². The molecule has 1 aliphatic carbocycles. The highest BCUT2D eigenvalue weighted by Crippen LogP contribution is 2.38. The number of nitrogens with zero attached hydrogens (tertiary/aromatic N) is 1. The summed E-state index contributed by atoms with van der Waals surface area (Å²) < 4.78 is 46.2. The number of alkyl halides is 3. The summed E-state index contributed by atoms with van der Waals surface area (Å²) in [5.41, 5.74) is -0.000631. The van der Waals surface area contributed by atoms with Gasteiger partial charge in [-0.2, -0.15) is 13.2 Å². The van der Waals surface area contributed by atoms with Gasteiger partial charge in [-0.15, -0.1) is 0 Å². The summed E-state index contributed by atoms with van der Waals surface area (Å²) >= 11 is 5.92. The molecule has 0 unspecified atom stereocenters. The highest BCUT2D eigenvalue weighted by Gasteiger charge is 2.34. The number of fused-ring (bicyclic) bond motifs is 1. The average Bonchev–Trinajstić information content (AvgIpc) is 2.83. The molecule has 1 fully saturated rings. The number of hydrogen-bond acceptors (Lipinski definition) is 3. The minimum atomic E-state index is -4.54. The maximum Gasteiger partial charge on any atom is 0.433 e. The Hall–Kier alpha value is -2.60. The standard InChI is InChI=1S/C27H27ClF3NO2/c1-2-17(15-24(33)19-7-11-20(28)12-8-19)18-9-13-21(14-10-18)34-25-16-26(27(29,30)31)32-23-6-4-3-5-22(23)25/h3-8,11-12,16-18,21H,2,9-10,13-15H2,1H3/t17-,18?,21?/m1/s1. The van der Waals surface area contributed by atoms with Crippen LogP contribution < -0.4 is 4.74 Å². The van der Waals surface area contributed by atoms with Crippen LogP contribution in [-0.4, -0.2) is 16.9 Å². The third-order valence-corrected chi connectivity index (χ3v) is 7.04. The maximum atomic E-state index is 13.3. The van der Waals surface area contributed by atoms with E-state index < -0.39 is 11.9 Å². The number of carbonyl (C=O) groups is 1. The molecule has 1 aromatic heterocycles. The lowest BCUT2D eigenvalue weighted by atomic mass is 9.75. The zero-order chi connectivity index (χ0) is 24.3. The van der Waals surface area contributed by atoms with Gasteiger partial charge in [-0.25, -0.2) is 4.98 Å². The van der Waals surface area contributed by atoms with E-state index in [1.54, 1.807) is 48.5 Å². The van der Waals surface area contributed by atoms with E-state index in [0.717, 1.165) is 38.2 Å².